The van der Waals surface area contributed by atoms with Gasteiger partial charge < -0.3 is 9.31 Å². The predicted octanol–water partition coefficient (Wildman–Crippen LogP) is 19.1. The van der Waals surface area contributed by atoms with E-state index in [1.165, 1.54) is 23.3 Å². The number of benzene rings is 8. The van der Waals surface area contributed by atoms with Gasteiger partial charge in [-0.15, -0.1) is 0 Å². The minimum Gasteiger partial charge on any atom is -0.399 e. The van der Waals surface area contributed by atoms with Crippen LogP contribution < -0.4 is 5.46 Å². The van der Waals surface area contributed by atoms with E-state index in [4.69, 9.17) is 49.2 Å². The maximum absolute atomic E-state index is 16.5. The first-order valence-corrected chi connectivity index (χ1v) is 32.0. The summed E-state index contributed by atoms with van der Waals surface area (Å²) in [4.78, 5) is 40.1. The minimum atomic E-state index is -0.699. The first kappa shape index (κ1) is 63.8. The zero-order valence-corrected chi connectivity index (χ0v) is 55.7. The van der Waals surface area contributed by atoms with Crippen LogP contribution in [0.15, 0.2) is 200 Å². The summed E-state index contributed by atoms with van der Waals surface area (Å²) in [6.07, 6.45) is 1.75. The summed E-state index contributed by atoms with van der Waals surface area (Å²) in [5, 5.41) is 0. The Morgan fingerprint density at radius 2 is 0.634 bits per heavy atom. The molecule has 0 spiro atoms. The van der Waals surface area contributed by atoms with Crippen LogP contribution >= 0.6 is 0 Å². The maximum atomic E-state index is 16.5. The molecular weight excluding hydrogens is 1150 g/mol. The largest absolute Gasteiger partial charge is 0.494 e. The van der Waals surface area contributed by atoms with Crippen molar-refractivity contribution >= 4 is 12.6 Å². The van der Waals surface area contributed by atoms with Gasteiger partial charge in [0.1, 0.15) is 11.6 Å². The normalized spacial score (nSPS) is 14.2. The molecule has 0 radical (unpaired) electrons. The Morgan fingerprint density at radius 1 is 0.323 bits per heavy atom. The highest BCUT2D eigenvalue weighted by atomic mass is 19.1. The lowest BCUT2D eigenvalue weighted by molar-refractivity contribution is 0.00578. The van der Waals surface area contributed by atoms with Crippen LogP contribution in [-0.4, -0.2) is 58.2 Å². The van der Waals surface area contributed by atoms with Crippen LogP contribution in [0.4, 0.5) is 8.78 Å². The molecule has 1 fully saturated rings. The molecule has 1 saturated heterocycles. The van der Waals surface area contributed by atoms with E-state index < -0.39 is 30.0 Å². The van der Waals surface area contributed by atoms with Crippen LogP contribution in [0.5, 0.6) is 0 Å². The van der Waals surface area contributed by atoms with Gasteiger partial charge >= 0.3 is 7.12 Å². The van der Waals surface area contributed by atoms with Crippen molar-refractivity contribution in [2.75, 3.05) is 0 Å². The molecule has 12 rings (SSSR count). The molecular formula is C80H79BF2N8O2. The molecule has 1 aliphatic heterocycles. The van der Waals surface area contributed by atoms with Gasteiger partial charge in [0.15, 0.2) is 40.8 Å². The van der Waals surface area contributed by atoms with Crippen molar-refractivity contribution in [1.82, 2.24) is 39.9 Å². The van der Waals surface area contributed by atoms with E-state index in [0.717, 1.165) is 68.7 Å². The van der Waals surface area contributed by atoms with Crippen molar-refractivity contribution in [1.29, 1.82) is 0 Å². The van der Waals surface area contributed by atoms with Crippen molar-refractivity contribution in [3.63, 3.8) is 0 Å². The van der Waals surface area contributed by atoms with Crippen molar-refractivity contribution < 1.29 is 18.1 Å². The van der Waals surface area contributed by atoms with Crippen molar-refractivity contribution in [2.24, 2.45) is 0 Å². The van der Waals surface area contributed by atoms with Crippen LogP contribution in [0.25, 0.3) is 102 Å². The molecule has 0 unspecified atom stereocenters. The summed E-state index contributed by atoms with van der Waals surface area (Å²) in [6, 6.07) is 64.9. The number of nitrogens with zero attached hydrogens (tertiary/aromatic N) is 8. The van der Waals surface area contributed by atoms with Crippen LogP contribution in [0, 0.1) is 11.6 Å². The molecule has 93 heavy (non-hydrogen) atoms. The Morgan fingerprint density at radius 3 is 1.00 bits per heavy atom. The number of halogens is 2. The van der Waals surface area contributed by atoms with Gasteiger partial charge in [0.2, 0.25) is 0 Å². The third-order valence-electron chi connectivity index (χ3n) is 18.6. The van der Waals surface area contributed by atoms with Crippen molar-refractivity contribution in [2.45, 2.75) is 143 Å². The number of hydrogen-bond donors (Lipinski definition) is 0. The van der Waals surface area contributed by atoms with E-state index in [1.54, 1.807) is 24.3 Å². The first-order chi connectivity index (χ1) is 44.1. The summed E-state index contributed by atoms with van der Waals surface area (Å²) >= 11 is 0. The molecule has 0 aliphatic carbocycles. The maximum Gasteiger partial charge on any atom is 0.494 e. The molecule has 0 bridgehead atoms. The number of hydrogen-bond acceptors (Lipinski definition) is 10. The molecule has 0 amide bonds. The van der Waals surface area contributed by atoms with Crippen LogP contribution in [0.3, 0.4) is 0 Å². The number of aromatic nitrogens is 8. The quantitative estimate of drug-likeness (QED) is 0.0917. The Kier molecular flexibility index (Phi) is 16.9. The topological polar surface area (TPSA) is 122 Å². The van der Waals surface area contributed by atoms with Gasteiger partial charge in [0, 0.05) is 38.9 Å². The van der Waals surface area contributed by atoms with Crippen molar-refractivity contribution in [3.8, 4) is 102 Å². The third-order valence-corrected chi connectivity index (χ3v) is 18.6. The molecule has 0 atom stereocenters. The van der Waals surface area contributed by atoms with Gasteiger partial charge in [-0.3, -0.25) is 0 Å². The second kappa shape index (κ2) is 24.6. The van der Waals surface area contributed by atoms with E-state index in [1.807, 2.05) is 119 Å². The molecule has 13 heteroatoms. The first-order valence-electron chi connectivity index (χ1n) is 32.0. The fourth-order valence-corrected chi connectivity index (χ4v) is 11.6. The third kappa shape index (κ3) is 13.6. The number of rotatable bonds is 15. The van der Waals surface area contributed by atoms with Crippen LogP contribution in [0.2, 0.25) is 0 Å². The van der Waals surface area contributed by atoms with Gasteiger partial charge in [0.25, 0.3) is 0 Å². The average molecular weight is 1230 g/mol. The second-order valence-corrected chi connectivity index (χ2v) is 28.9. The monoisotopic (exact) mass is 1230 g/mol. The summed E-state index contributed by atoms with van der Waals surface area (Å²) in [6.45, 7) is 30.2. The van der Waals surface area contributed by atoms with Crippen LogP contribution in [0.1, 0.15) is 132 Å². The Labute approximate surface area is 546 Å². The smallest absolute Gasteiger partial charge is 0.399 e. The zero-order chi connectivity index (χ0) is 65.8. The van der Waals surface area contributed by atoms with Gasteiger partial charge in [-0.05, 0) is 126 Å². The van der Waals surface area contributed by atoms with Gasteiger partial charge in [-0.25, -0.2) is 48.7 Å². The Balaban J connectivity index is 0.820. The highest BCUT2D eigenvalue weighted by Gasteiger charge is 2.52. The molecule has 0 saturated carbocycles. The van der Waals surface area contributed by atoms with E-state index in [2.05, 4.69) is 142 Å². The lowest BCUT2D eigenvalue weighted by Gasteiger charge is -2.32. The van der Waals surface area contributed by atoms with Gasteiger partial charge in [-0.1, -0.05) is 233 Å². The molecule has 11 aromatic rings. The predicted molar refractivity (Wildman–Crippen MR) is 372 cm³/mol. The van der Waals surface area contributed by atoms with E-state index in [9.17, 15) is 0 Å². The van der Waals surface area contributed by atoms with Gasteiger partial charge in [-0.2, -0.15) is 0 Å². The van der Waals surface area contributed by atoms with E-state index in [0.29, 0.717) is 40.1 Å². The summed E-state index contributed by atoms with van der Waals surface area (Å²) in [5.74, 6) is 1.61. The highest BCUT2D eigenvalue weighted by Crippen LogP contribution is 2.41. The van der Waals surface area contributed by atoms with E-state index in [-0.39, 0.29) is 44.4 Å². The standard InChI is InChI=1S/C80H79BF2N8O2/c1-75(2,3)57-34-25-52(26-35-57)68-86-70(89-73(88-68)62-47-56(33-43-64(62)82)72-84-66(50-21-17-15-18-22-50)49-67(85-72)51-23-19-16-20-24-51)54-29-38-59(39-30-54)77(7,8)45-46-78(9,10)60-40-31-55(32-41-60)71-87-69(53-27-36-58(37-28-53)76(4,5)6)90-74(91-71)63-48-61(42-44-65(63)83)81-92-79(11,12)80(13,14)93-81/h15-44,47-49H,45-46H2,1-14H3. The lowest BCUT2D eigenvalue weighted by atomic mass is 9.72. The summed E-state index contributed by atoms with van der Waals surface area (Å²) in [5.41, 5.74) is 11.1. The molecule has 4 heterocycles. The average Bonchev–Trinajstić information content (AvgIpc) is 1.73. The molecule has 10 nitrogen and oxygen atoms in total. The fourth-order valence-electron chi connectivity index (χ4n) is 11.6. The summed E-state index contributed by atoms with van der Waals surface area (Å²) in [7, 11) is -0.699. The molecule has 468 valence electrons. The molecule has 1 aliphatic rings. The lowest BCUT2D eigenvalue weighted by Crippen LogP contribution is -2.41. The van der Waals surface area contributed by atoms with Crippen LogP contribution in [-0.2, 0) is 31.0 Å². The van der Waals surface area contributed by atoms with Gasteiger partial charge in [0.05, 0.1) is 33.7 Å². The van der Waals surface area contributed by atoms with Crippen molar-refractivity contribution in [3.05, 3.63) is 234 Å². The van der Waals surface area contributed by atoms with E-state index >= 15 is 8.78 Å². The highest BCUT2D eigenvalue weighted by molar-refractivity contribution is 6.62. The molecule has 3 aromatic heterocycles. The Bertz CT molecular complexity index is 4450. The zero-order valence-electron chi connectivity index (χ0n) is 55.7. The fraction of sp³-hybridized carbons (Fsp3) is 0.275. The Hall–Kier alpha value is -9.30. The second-order valence-electron chi connectivity index (χ2n) is 28.9. The SMILES string of the molecule is CC(C)(C)c1ccc(-c2nc(-c3ccc(C(C)(C)CCC(C)(C)c4ccc(-c5nc(-c6ccc(C(C)(C)C)cc6)nc(-c6cc(-c7nc(-c8ccccc8)cc(-c8ccccc8)n7)ccc6F)n5)cc4)cc3)nc(-c3cc(B4OC(C)(C)C(C)(C)O4)ccc3F)n2)cc1. The molecule has 8 aromatic carbocycles. The minimum absolute atomic E-state index is 0.0532. The molecule has 0 N–H and O–H groups in total. The summed E-state index contributed by atoms with van der Waals surface area (Å²) < 4.78 is 45.5.